The van der Waals surface area contributed by atoms with Crippen molar-refractivity contribution in [3.05, 3.63) is 33.9 Å². The molecule has 0 spiro atoms. The molecule has 1 rings (SSSR count). The van der Waals surface area contributed by atoms with Crippen molar-refractivity contribution in [2.75, 3.05) is 6.54 Å². The summed E-state index contributed by atoms with van der Waals surface area (Å²) >= 11 is 0. The van der Waals surface area contributed by atoms with Gasteiger partial charge in [0, 0.05) is 6.04 Å². The third-order valence-electron chi connectivity index (χ3n) is 4.93. The van der Waals surface area contributed by atoms with Gasteiger partial charge in [-0.05, 0) is 80.3 Å². The minimum Gasteiger partial charge on any atom is -0.310 e. The van der Waals surface area contributed by atoms with Gasteiger partial charge in [0.15, 0.2) is 0 Å². The molecule has 20 heavy (non-hydrogen) atoms. The Labute approximate surface area is 126 Å². The molecular weight excluding hydrogens is 242 g/mol. The zero-order chi connectivity index (χ0) is 15.4. The van der Waals surface area contributed by atoms with Gasteiger partial charge in [-0.25, -0.2) is 0 Å². The van der Waals surface area contributed by atoms with Crippen LogP contribution in [0.1, 0.15) is 68.0 Å². The van der Waals surface area contributed by atoms with E-state index in [1.807, 2.05) is 0 Å². The molecule has 0 amide bonds. The quantitative estimate of drug-likeness (QED) is 0.747. The molecule has 0 radical (unpaired) electrons. The first-order chi connectivity index (χ1) is 9.31. The molecule has 1 heteroatoms. The number of benzene rings is 1. The van der Waals surface area contributed by atoms with E-state index in [9.17, 15) is 0 Å². The second-order valence-electron chi connectivity index (χ2n) is 6.71. The third kappa shape index (κ3) is 3.63. The predicted octanol–water partition coefficient (Wildman–Crippen LogP) is 5.25. The molecule has 0 bridgehead atoms. The molecule has 0 saturated heterocycles. The molecule has 1 aromatic carbocycles. The van der Waals surface area contributed by atoms with Gasteiger partial charge in [0.05, 0.1) is 0 Å². The molecule has 0 aliphatic rings. The van der Waals surface area contributed by atoms with Gasteiger partial charge in [0.1, 0.15) is 0 Å². The van der Waals surface area contributed by atoms with Crippen molar-refractivity contribution < 1.29 is 0 Å². The van der Waals surface area contributed by atoms with Crippen molar-refractivity contribution >= 4 is 0 Å². The van der Waals surface area contributed by atoms with Crippen LogP contribution in [0.15, 0.2) is 6.07 Å². The average Bonchev–Trinajstić information content (AvgIpc) is 2.39. The summed E-state index contributed by atoms with van der Waals surface area (Å²) in [5.74, 6) is 1.32. The van der Waals surface area contributed by atoms with Gasteiger partial charge in [-0.1, -0.05) is 33.8 Å². The van der Waals surface area contributed by atoms with Crippen LogP contribution in [0.4, 0.5) is 0 Å². The summed E-state index contributed by atoms with van der Waals surface area (Å²) in [5.41, 5.74) is 7.31. The summed E-state index contributed by atoms with van der Waals surface area (Å²) in [6.45, 7) is 19.4. The second-order valence-corrected chi connectivity index (χ2v) is 6.71. The molecular formula is C19H33N. The molecule has 1 N–H and O–H groups in total. The van der Waals surface area contributed by atoms with Crippen LogP contribution in [0.3, 0.4) is 0 Å². The van der Waals surface area contributed by atoms with Crippen molar-refractivity contribution in [3.8, 4) is 0 Å². The van der Waals surface area contributed by atoms with E-state index in [1.165, 1.54) is 34.2 Å². The fourth-order valence-electron chi connectivity index (χ4n) is 2.95. The van der Waals surface area contributed by atoms with E-state index in [0.29, 0.717) is 17.9 Å². The lowest BCUT2D eigenvalue weighted by molar-refractivity contribution is 0.302. The monoisotopic (exact) mass is 275 g/mol. The Balaban J connectivity index is 3.32. The molecule has 1 nitrogen and oxygen atoms in total. The lowest BCUT2D eigenvalue weighted by Gasteiger charge is -2.32. The van der Waals surface area contributed by atoms with Gasteiger partial charge >= 0.3 is 0 Å². The highest BCUT2D eigenvalue weighted by atomic mass is 14.9. The Morgan fingerprint density at radius 1 is 0.950 bits per heavy atom. The summed E-state index contributed by atoms with van der Waals surface area (Å²) in [6, 6.07) is 2.79. The summed E-state index contributed by atoms with van der Waals surface area (Å²) in [7, 11) is 0. The van der Waals surface area contributed by atoms with Crippen molar-refractivity contribution in [1.82, 2.24) is 5.32 Å². The second kappa shape index (κ2) is 7.26. The molecule has 0 aliphatic heterocycles. The molecule has 114 valence electrons. The highest BCUT2D eigenvalue weighted by molar-refractivity contribution is 5.46. The van der Waals surface area contributed by atoms with Crippen molar-refractivity contribution in [3.63, 3.8) is 0 Å². The molecule has 0 aliphatic carbocycles. The zero-order valence-corrected chi connectivity index (χ0v) is 14.7. The number of rotatable bonds is 6. The molecule has 2 atom stereocenters. The Bertz CT molecular complexity index is 419. The minimum atomic E-state index is 0.466. The maximum atomic E-state index is 3.80. The number of hydrogen-bond acceptors (Lipinski definition) is 1. The lowest BCUT2D eigenvalue weighted by Crippen LogP contribution is -2.31. The first kappa shape index (κ1) is 17.2. The Kier molecular flexibility index (Phi) is 6.26. The lowest BCUT2D eigenvalue weighted by atomic mass is 9.80. The highest BCUT2D eigenvalue weighted by Gasteiger charge is 2.25. The average molecular weight is 275 g/mol. The molecule has 0 saturated carbocycles. The summed E-state index contributed by atoms with van der Waals surface area (Å²) < 4.78 is 0. The van der Waals surface area contributed by atoms with E-state index in [2.05, 4.69) is 66.8 Å². The van der Waals surface area contributed by atoms with E-state index < -0.39 is 0 Å². The van der Waals surface area contributed by atoms with Crippen molar-refractivity contribution in [2.45, 2.75) is 67.9 Å². The van der Waals surface area contributed by atoms with Gasteiger partial charge in [0.2, 0.25) is 0 Å². The van der Waals surface area contributed by atoms with E-state index in [1.54, 1.807) is 0 Å². The van der Waals surface area contributed by atoms with Crippen LogP contribution in [-0.2, 0) is 0 Å². The smallest absolute Gasteiger partial charge is 0.0353 e. The molecule has 2 unspecified atom stereocenters. The molecule has 0 aromatic heterocycles. The topological polar surface area (TPSA) is 12.0 Å². The first-order valence-electron chi connectivity index (χ1n) is 8.11. The first-order valence-corrected chi connectivity index (χ1v) is 8.11. The van der Waals surface area contributed by atoms with Crippen LogP contribution in [0, 0.1) is 39.5 Å². The molecule has 1 aromatic rings. The fourth-order valence-corrected chi connectivity index (χ4v) is 2.95. The van der Waals surface area contributed by atoms with Crippen LogP contribution in [0.2, 0.25) is 0 Å². The largest absolute Gasteiger partial charge is 0.310 e. The summed E-state index contributed by atoms with van der Waals surface area (Å²) in [5, 5.41) is 3.80. The maximum absolute atomic E-state index is 3.80. The van der Waals surface area contributed by atoms with Crippen LogP contribution in [-0.4, -0.2) is 6.54 Å². The van der Waals surface area contributed by atoms with Gasteiger partial charge in [-0.15, -0.1) is 0 Å². The van der Waals surface area contributed by atoms with Crippen LogP contribution >= 0.6 is 0 Å². The Hall–Kier alpha value is -0.820. The number of aryl methyl sites for hydroxylation is 2. The van der Waals surface area contributed by atoms with Crippen LogP contribution in [0.25, 0.3) is 0 Å². The zero-order valence-electron chi connectivity index (χ0n) is 14.7. The van der Waals surface area contributed by atoms with Crippen molar-refractivity contribution in [2.24, 2.45) is 11.8 Å². The maximum Gasteiger partial charge on any atom is 0.0353 e. The van der Waals surface area contributed by atoms with Gasteiger partial charge in [-0.3, -0.25) is 0 Å². The van der Waals surface area contributed by atoms with Gasteiger partial charge in [0.25, 0.3) is 0 Å². The van der Waals surface area contributed by atoms with Crippen molar-refractivity contribution in [1.29, 1.82) is 0 Å². The number of hydrogen-bond donors (Lipinski definition) is 1. The summed E-state index contributed by atoms with van der Waals surface area (Å²) in [6.07, 6.45) is 1.18. The van der Waals surface area contributed by atoms with E-state index in [-0.39, 0.29) is 0 Å². The Morgan fingerprint density at radius 3 is 1.85 bits per heavy atom. The van der Waals surface area contributed by atoms with E-state index in [0.717, 1.165) is 6.54 Å². The van der Waals surface area contributed by atoms with E-state index in [4.69, 9.17) is 0 Å². The predicted molar refractivity (Wildman–Crippen MR) is 90.4 cm³/mol. The standard InChI is InChI=1S/C19H33N/c1-9-10-20-19(15(6)12(2)3)18-16(7)13(4)11-14(5)17(18)8/h11-12,15,19-20H,9-10H2,1-8H3. The third-order valence-corrected chi connectivity index (χ3v) is 4.93. The highest BCUT2D eigenvalue weighted by Crippen LogP contribution is 2.34. The summed E-state index contributed by atoms with van der Waals surface area (Å²) in [4.78, 5) is 0. The molecule has 0 fully saturated rings. The van der Waals surface area contributed by atoms with Gasteiger partial charge < -0.3 is 5.32 Å². The van der Waals surface area contributed by atoms with Crippen LogP contribution < -0.4 is 5.32 Å². The normalized spacial score (nSPS) is 14.7. The Morgan fingerprint density at radius 2 is 1.45 bits per heavy atom. The molecule has 0 heterocycles. The minimum absolute atomic E-state index is 0.466. The van der Waals surface area contributed by atoms with E-state index >= 15 is 0 Å². The SMILES string of the molecule is CCCNC(c1c(C)c(C)cc(C)c1C)C(C)C(C)C. The van der Waals surface area contributed by atoms with Gasteiger partial charge in [-0.2, -0.15) is 0 Å². The van der Waals surface area contributed by atoms with Crippen LogP contribution in [0.5, 0.6) is 0 Å². The number of nitrogens with one attached hydrogen (secondary N) is 1. The fraction of sp³-hybridized carbons (Fsp3) is 0.684.